The molecule has 1 heteroatoms. The van der Waals surface area contributed by atoms with Crippen molar-refractivity contribution in [2.45, 2.75) is 46.1 Å². The molecular formula is C19H25N. The molecule has 2 aromatic rings. The number of aryl methyl sites for hydroxylation is 2. The van der Waals surface area contributed by atoms with Crippen LogP contribution in [0.4, 0.5) is 5.69 Å². The Morgan fingerprint density at radius 1 is 1.00 bits per heavy atom. The number of unbranched alkanes of at least 4 members (excludes halogenated alkanes) is 1. The van der Waals surface area contributed by atoms with Crippen LogP contribution in [0.15, 0.2) is 48.5 Å². The molecule has 0 amide bonds. The van der Waals surface area contributed by atoms with Gasteiger partial charge in [0.2, 0.25) is 0 Å². The highest BCUT2D eigenvalue weighted by Gasteiger charge is 2.06. The number of para-hydroxylation sites is 1. The molecule has 0 bridgehead atoms. The molecule has 1 unspecified atom stereocenters. The summed E-state index contributed by atoms with van der Waals surface area (Å²) >= 11 is 0. The molecule has 0 aliphatic rings. The van der Waals surface area contributed by atoms with Gasteiger partial charge in [-0.15, -0.1) is 0 Å². The van der Waals surface area contributed by atoms with Crippen molar-refractivity contribution in [3.8, 4) is 0 Å². The fourth-order valence-electron chi connectivity index (χ4n) is 2.41. The lowest BCUT2D eigenvalue weighted by Crippen LogP contribution is -2.07. The van der Waals surface area contributed by atoms with Gasteiger partial charge in [0, 0.05) is 11.7 Å². The summed E-state index contributed by atoms with van der Waals surface area (Å²) in [4.78, 5) is 0. The Morgan fingerprint density at radius 3 is 2.35 bits per heavy atom. The van der Waals surface area contributed by atoms with Gasteiger partial charge in [0.25, 0.3) is 0 Å². The van der Waals surface area contributed by atoms with Crippen LogP contribution in [0.25, 0.3) is 0 Å². The maximum atomic E-state index is 3.59. The molecule has 1 atom stereocenters. The molecule has 1 N–H and O–H groups in total. The first-order valence-electron chi connectivity index (χ1n) is 7.61. The SMILES string of the molecule is CCCCc1ccc(C(C)Nc2ccccc2C)cc1. The molecule has 0 heterocycles. The molecule has 0 spiro atoms. The number of benzene rings is 2. The van der Waals surface area contributed by atoms with Crippen LogP contribution in [-0.4, -0.2) is 0 Å². The number of hydrogen-bond acceptors (Lipinski definition) is 1. The Labute approximate surface area is 123 Å². The number of hydrogen-bond donors (Lipinski definition) is 1. The van der Waals surface area contributed by atoms with E-state index in [1.54, 1.807) is 0 Å². The van der Waals surface area contributed by atoms with Crippen LogP contribution in [0.5, 0.6) is 0 Å². The Hall–Kier alpha value is -1.76. The van der Waals surface area contributed by atoms with Gasteiger partial charge in [-0.2, -0.15) is 0 Å². The topological polar surface area (TPSA) is 12.0 Å². The summed E-state index contributed by atoms with van der Waals surface area (Å²) in [6.07, 6.45) is 3.72. The van der Waals surface area contributed by atoms with E-state index in [1.807, 2.05) is 0 Å². The minimum atomic E-state index is 0.330. The smallest absolute Gasteiger partial charge is 0.0485 e. The highest BCUT2D eigenvalue weighted by Crippen LogP contribution is 2.22. The predicted molar refractivity (Wildman–Crippen MR) is 88.3 cm³/mol. The normalized spacial score (nSPS) is 12.2. The lowest BCUT2D eigenvalue weighted by molar-refractivity contribution is 0.793. The summed E-state index contributed by atoms with van der Waals surface area (Å²) in [5.74, 6) is 0. The molecule has 0 aromatic heterocycles. The van der Waals surface area contributed by atoms with Crippen molar-refractivity contribution in [3.05, 3.63) is 65.2 Å². The van der Waals surface area contributed by atoms with Crippen LogP contribution in [0, 0.1) is 6.92 Å². The molecular weight excluding hydrogens is 242 g/mol. The van der Waals surface area contributed by atoms with Crippen molar-refractivity contribution in [1.29, 1.82) is 0 Å². The molecule has 0 saturated heterocycles. The molecule has 2 aromatic carbocycles. The van der Waals surface area contributed by atoms with Gasteiger partial charge in [-0.05, 0) is 49.4 Å². The lowest BCUT2D eigenvalue weighted by Gasteiger charge is -2.17. The Balaban J connectivity index is 2.02. The van der Waals surface area contributed by atoms with E-state index in [9.17, 15) is 0 Å². The van der Waals surface area contributed by atoms with Gasteiger partial charge >= 0.3 is 0 Å². The summed E-state index contributed by atoms with van der Waals surface area (Å²) < 4.78 is 0. The second-order valence-electron chi connectivity index (χ2n) is 5.53. The third-order valence-electron chi connectivity index (χ3n) is 3.82. The zero-order valence-corrected chi connectivity index (χ0v) is 12.8. The van der Waals surface area contributed by atoms with E-state index in [2.05, 4.69) is 74.6 Å². The highest BCUT2D eigenvalue weighted by molar-refractivity contribution is 5.51. The molecule has 106 valence electrons. The first-order chi connectivity index (χ1) is 9.70. The molecule has 2 rings (SSSR count). The van der Waals surface area contributed by atoms with E-state index >= 15 is 0 Å². The summed E-state index contributed by atoms with van der Waals surface area (Å²) in [6, 6.07) is 17.8. The second kappa shape index (κ2) is 7.14. The number of nitrogens with one attached hydrogen (secondary N) is 1. The van der Waals surface area contributed by atoms with E-state index in [4.69, 9.17) is 0 Å². The van der Waals surface area contributed by atoms with Crippen molar-refractivity contribution in [2.75, 3.05) is 5.32 Å². The number of anilines is 1. The summed E-state index contributed by atoms with van der Waals surface area (Å²) in [5.41, 5.74) is 5.29. The molecule has 0 aliphatic carbocycles. The minimum absolute atomic E-state index is 0.330. The van der Waals surface area contributed by atoms with Crippen molar-refractivity contribution >= 4 is 5.69 Å². The lowest BCUT2D eigenvalue weighted by atomic mass is 10.0. The van der Waals surface area contributed by atoms with E-state index in [0.717, 1.165) is 0 Å². The average molecular weight is 267 g/mol. The summed E-state index contributed by atoms with van der Waals surface area (Å²) in [7, 11) is 0. The van der Waals surface area contributed by atoms with Crippen molar-refractivity contribution in [3.63, 3.8) is 0 Å². The maximum absolute atomic E-state index is 3.59. The molecule has 1 nitrogen and oxygen atoms in total. The zero-order chi connectivity index (χ0) is 14.4. The van der Waals surface area contributed by atoms with E-state index in [-0.39, 0.29) is 0 Å². The first kappa shape index (κ1) is 14.6. The highest BCUT2D eigenvalue weighted by atomic mass is 14.9. The van der Waals surface area contributed by atoms with E-state index in [1.165, 1.54) is 41.6 Å². The minimum Gasteiger partial charge on any atom is -0.378 e. The van der Waals surface area contributed by atoms with Crippen LogP contribution < -0.4 is 5.32 Å². The van der Waals surface area contributed by atoms with Crippen LogP contribution >= 0.6 is 0 Å². The Kier molecular flexibility index (Phi) is 5.23. The largest absolute Gasteiger partial charge is 0.378 e. The third kappa shape index (κ3) is 3.86. The molecule has 0 aliphatic heterocycles. The van der Waals surface area contributed by atoms with Crippen LogP contribution in [0.2, 0.25) is 0 Å². The standard InChI is InChI=1S/C19H25N/c1-4-5-9-17-11-13-18(14-12-17)16(3)20-19-10-7-6-8-15(19)2/h6-8,10-14,16,20H,4-5,9H2,1-3H3. The van der Waals surface area contributed by atoms with Gasteiger partial charge in [-0.3, -0.25) is 0 Å². The van der Waals surface area contributed by atoms with Gasteiger partial charge in [-0.25, -0.2) is 0 Å². The van der Waals surface area contributed by atoms with Crippen molar-refractivity contribution in [2.24, 2.45) is 0 Å². The van der Waals surface area contributed by atoms with Gasteiger partial charge in [0.1, 0.15) is 0 Å². The Morgan fingerprint density at radius 2 is 1.70 bits per heavy atom. The molecule has 0 saturated carbocycles. The monoisotopic (exact) mass is 267 g/mol. The van der Waals surface area contributed by atoms with E-state index < -0.39 is 0 Å². The Bertz CT molecular complexity index is 528. The van der Waals surface area contributed by atoms with Crippen LogP contribution in [0.3, 0.4) is 0 Å². The summed E-state index contributed by atoms with van der Waals surface area (Å²) in [6.45, 7) is 6.60. The molecule has 0 radical (unpaired) electrons. The molecule has 0 fully saturated rings. The van der Waals surface area contributed by atoms with Gasteiger partial charge in [0.15, 0.2) is 0 Å². The molecule has 20 heavy (non-hydrogen) atoms. The fraction of sp³-hybridized carbons (Fsp3) is 0.368. The van der Waals surface area contributed by atoms with Crippen molar-refractivity contribution < 1.29 is 0 Å². The van der Waals surface area contributed by atoms with Crippen molar-refractivity contribution in [1.82, 2.24) is 0 Å². The third-order valence-corrected chi connectivity index (χ3v) is 3.82. The maximum Gasteiger partial charge on any atom is 0.0485 e. The fourth-order valence-corrected chi connectivity index (χ4v) is 2.41. The van der Waals surface area contributed by atoms with Gasteiger partial charge in [-0.1, -0.05) is 55.8 Å². The quantitative estimate of drug-likeness (QED) is 0.727. The van der Waals surface area contributed by atoms with Gasteiger partial charge < -0.3 is 5.32 Å². The van der Waals surface area contributed by atoms with Crippen LogP contribution in [0.1, 0.15) is 49.4 Å². The average Bonchev–Trinajstić information content (AvgIpc) is 2.48. The van der Waals surface area contributed by atoms with E-state index in [0.29, 0.717) is 6.04 Å². The second-order valence-corrected chi connectivity index (χ2v) is 5.53. The summed E-state index contributed by atoms with van der Waals surface area (Å²) in [5, 5.41) is 3.59. The van der Waals surface area contributed by atoms with Gasteiger partial charge in [0.05, 0.1) is 0 Å². The first-order valence-corrected chi connectivity index (χ1v) is 7.61. The zero-order valence-electron chi connectivity index (χ0n) is 12.8. The van der Waals surface area contributed by atoms with Crippen LogP contribution in [-0.2, 0) is 6.42 Å². The number of rotatable bonds is 6. The predicted octanol–water partition coefficient (Wildman–Crippen LogP) is 5.51.